The lowest BCUT2D eigenvalue weighted by molar-refractivity contribution is -0.384. The Hall–Kier alpha value is -4.30. The van der Waals surface area contributed by atoms with Gasteiger partial charge in [-0.15, -0.1) is 0 Å². The highest BCUT2D eigenvalue weighted by atomic mass is 35.5. The molecule has 1 aliphatic heterocycles. The van der Waals surface area contributed by atoms with Crippen molar-refractivity contribution in [3.63, 3.8) is 0 Å². The van der Waals surface area contributed by atoms with E-state index in [4.69, 9.17) is 11.6 Å². The molecule has 4 rings (SSSR count). The highest BCUT2D eigenvalue weighted by molar-refractivity contribution is 6.51. The Bertz CT molecular complexity index is 1350. The molecule has 0 bridgehead atoms. The minimum Gasteiger partial charge on any atom is -0.507 e. The van der Waals surface area contributed by atoms with Gasteiger partial charge in [0, 0.05) is 34.0 Å². The van der Waals surface area contributed by atoms with Crippen LogP contribution in [0.25, 0.3) is 5.76 Å². The third kappa shape index (κ3) is 4.06. The first-order chi connectivity index (χ1) is 16.2. The van der Waals surface area contributed by atoms with Crippen molar-refractivity contribution in [2.24, 2.45) is 0 Å². The van der Waals surface area contributed by atoms with Gasteiger partial charge in [-0.25, -0.2) is 0 Å². The molecule has 0 saturated carbocycles. The number of carbonyl (C=O) groups excluding carboxylic acids is 3. The Kier molecular flexibility index (Phi) is 6.00. The summed E-state index contributed by atoms with van der Waals surface area (Å²) < 4.78 is 0. The Morgan fingerprint density at radius 2 is 1.50 bits per heavy atom. The molecule has 3 aromatic carbocycles. The molecular formula is C25H17ClN2O6. The van der Waals surface area contributed by atoms with Crippen molar-refractivity contribution >= 4 is 46.2 Å². The van der Waals surface area contributed by atoms with Crippen LogP contribution in [-0.2, 0) is 9.59 Å². The maximum Gasteiger partial charge on any atom is 0.300 e. The monoisotopic (exact) mass is 476 g/mol. The van der Waals surface area contributed by atoms with Gasteiger partial charge in [-0.05, 0) is 73.2 Å². The van der Waals surface area contributed by atoms with E-state index in [2.05, 4.69) is 0 Å². The van der Waals surface area contributed by atoms with Crippen LogP contribution in [0.2, 0.25) is 5.02 Å². The van der Waals surface area contributed by atoms with Crippen LogP contribution in [0.3, 0.4) is 0 Å². The molecule has 1 unspecified atom stereocenters. The van der Waals surface area contributed by atoms with Crippen LogP contribution in [0.15, 0.2) is 78.4 Å². The maximum atomic E-state index is 13.1. The summed E-state index contributed by atoms with van der Waals surface area (Å²) in [4.78, 5) is 49.6. The largest absolute Gasteiger partial charge is 0.507 e. The highest BCUT2D eigenvalue weighted by Crippen LogP contribution is 2.42. The molecule has 3 aromatic rings. The number of nitrogens with zero attached hydrogens (tertiary/aromatic N) is 2. The summed E-state index contributed by atoms with van der Waals surface area (Å²) >= 11 is 5.92. The number of amides is 1. The minimum atomic E-state index is -1.06. The van der Waals surface area contributed by atoms with Crippen molar-refractivity contribution in [3.05, 3.63) is 110 Å². The fraction of sp³-hybridized carbons (Fsp3) is 0.0800. The molecule has 0 radical (unpaired) electrons. The van der Waals surface area contributed by atoms with Crippen molar-refractivity contribution in [3.8, 4) is 0 Å². The summed E-state index contributed by atoms with van der Waals surface area (Å²) in [6.45, 7) is 1.41. The predicted octanol–water partition coefficient (Wildman–Crippen LogP) is 5.08. The molecule has 1 saturated heterocycles. The van der Waals surface area contributed by atoms with E-state index in [0.717, 1.165) is 0 Å². The number of nitro benzene ring substituents is 1. The lowest BCUT2D eigenvalue weighted by Gasteiger charge is -2.25. The number of Topliss-reactive ketones (excluding diaryl/α,β-unsaturated/α-hetero) is 2. The number of non-ortho nitro benzene ring substituents is 1. The zero-order chi connectivity index (χ0) is 24.6. The quantitative estimate of drug-likeness (QED) is 0.137. The number of hydrogen-bond acceptors (Lipinski definition) is 6. The summed E-state index contributed by atoms with van der Waals surface area (Å²) in [6, 6.07) is 16.5. The first kappa shape index (κ1) is 22.9. The molecule has 1 atom stereocenters. The number of aliphatic hydroxyl groups is 1. The average Bonchev–Trinajstić information content (AvgIpc) is 3.09. The molecule has 1 heterocycles. The number of rotatable bonds is 5. The van der Waals surface area contributed by atoms with Crippen molar-refractivity contribution in [2.45, 2.75) is 13.0 Å². The molecule has 34 heavy (non-hydrogen) atoms. The van der Waals surface area contributed by atoms with Gasteiger partial charge in [0.05, 0.1) is 16.5 Å². The molecular weight excluding hydrogens is 460 g/mol. The van der Waals surface area contributed by atoms with Crippen LogP contribution in [0, 0.1) is 10.1 Å². The van der Waals surface area contributed by atoms with Crippen molar-refractivity contribution in [1.29, 1.82) is 0 Å². The highest BCUT2D eigenvalue weighted by Gasteiger charge is 2.47. The van der Waals surface area contributed by atoms with Crippen molar-refractivity contribution < 1.29 is 24.4 Å². The number of hydrogen-bond donors (Lipinski definition) is 1. The summed E-state index contributed by atoms with van der Waals surface area (Å²) in [7, 11) is 0. The van der Waals surface area contributed by atoms with E-state index in [1.54, 1.807) is 0 Å². The van der Waals surface area contributed by atoms with Gasteiger partial charge in [0.15, 0.2) is 5.78 Å². The first-order valence-electron chi connectivity index (χ1n) is 10.1. The van der Waals surface area contributed by atoms with E-state index in [0.29, 0.717) is 21.8 Å². The fourth-order valence-electron chi connectivity index (χ4n) is 3.81. The third-order valence-electron chi connectivity index (χ3n) is 5.53. The maximum absolute atomic E-state index is 13.1. The SMILES string of the molecule is CC(=O)c1ccc(N2C(=O)C(=O)/C(=C(/O)c3ccc(Cl)cc3)C2c2ccc([N+](=O)[O-])cc2)cc1. The number of halogens is 1. The number of aliphatic hydroxyl groups excluding tert-OH is 1. The average molecular weight is 477 g/mol. The van der Waals surface area contributed by atoms with Crippen LogP contribution in [0.4, 0.5) is 11.4 Å². The summed E-state index contributed by atoms with van der Waals surface area (Å²) in [5.74, 6) is -2.36. The van der Waals surface area contributed by atoms with Gasteiger partial charge in [0.25, 0.3) is 17.4 Å². The second-order valence-corrected chi connectivity index (χ2v) is 8.06. The molecule has 0 aromatic heterocycles. The van der Waals surface area contributed by atoms with Gasteiger partial charge < -0.3 is 5.11 Å². The zero-order valence-electron chi connectivity index (χ0n) is 17.8. The lowest BCUT2D eigenvalue weighted by Crippen LogP contribution is -2.29. The molecule has 8 nitrogen and oxygen atoms in total. The second-order valence-electron chi connectivity index (χ2n) is 7.63. The number of carbonyl (C=O) groups is 3. The topological polar surface area (TPSA) is 118 Å². The van der Waals surface area contributed by atoms with Gasteiger partial charge in [-0.2, -0.15) is 0 Å². The van der Waals surface area contributed by atoms with E-state index in [9.17, 15) is 29.6 Å². The van der Waals surface area contributed by atoms with Crippen LogP contribution in [0.1, 0.15) is 34.5 Å². The van der Waals surface area contributed by atoms with Gasteiger partial charge >= 0.3 is 0 Å². The summed E-state index contributed by atoms with van der Waals surface area (Å²) in [5, 5.41) is 22.6. The molecule has 0 aliphatic carbocycles. The standard InChI is InChI=1S/C25H17ClN2O6/c1-14(29)15-4-10-19(11-5-15)27-22(16-6-12-20(13-7-16)28(33)34)21(24(31)25(27)32)23(30)17-2-8-18(26)9-3-17/h2-13,22,30H,1H3/b23-21+. The number of nitro groups is 1. The third-order valence-corrected chi connectivity index (χ3v) is 5.79. The number of ketones is 2. The Morgan fingerprint density at radius 1 is 0.941 bits per heavy atom. The molecule has 170 valence electrons. The van der Waals surface area contributed by atoms with Crippen molar-refractivity contribution in [2.75, 3.05) is 4.90 Å². The summed E-state index contributed by atoms with van der Waals surface area (Å²) in [6.07, 6.45) is 0. The molecule has 0 spiro atoms. The van der Waals surface area contributed by atoms with E-state index < -0.39 is 28.4 Å². The molecule has 1 amide bonds. The minimum absolute atomic E-state index is 0.163. The predicted molar refractivity (Wildman–Crippen MR) is 126 cm³/mol. The smallest absolute Gasteiger partial charge is 0.300 e. The number of benzene rings is 3. The molecule has 9 heteroatoms. The van der Waals surface area contributed by atoms with Crippen LogP contribution in [0.5, 0.6) is 0 Å². The Labute approximate surface area is 198 Å². The van der Waals surface area contributed by atoms with Crippen LogP contribution >= 0.6 is 11.6 Å². The lowest BCUT2D eigenvalue weighted by atomic mass is 9.95. The number of anilines is 1. The van der Waals surface area contributed by atoms with Gasteiger partial charge in [0.2, 0.25) is 0 Å². The summed E-state index contributed by atoms with van der Waals surface area (Å²) in [5.41, 5.74) is 1.08. The fourth-order valence-corrected chi connectivity index (χ4v) is 3.94. The Balaban J connectivity index is 1.91. The molecule has 1 N–H and O–H groups in total. The van der Waals surface area contributed by atoms with E-state index >= 15 is 0 Å². The van der Waals surface area contributed by atoms with Crippen LogP contribution in [-0.4, -0.2) is 27.5 Å². The van der Waals surface area contributed by atoms with E-state index in [1.807, 2.05) is 0 Å². The van der Waals surface area contributed by atoms with Crippen LogP contribution < -0.4 is 4.90 Å². The van der Waals surface area contributed by atoms with Crippen molar-refractivity contribution in [1.82, 2.24) is 0 Å². The van der Waals surface area contributed by atoms with E-state index in [-0.39, 0.29) is 22.6 Å². The normalized spacial score (nSPS) is 17.1. The van der Waals surface area contributed by atoms with Gasteiger partial charge in [-0.3, -0.25) is 29.4 Å². The molecule has 1 aliphatic rings. The van der Waals surface area contributed by atoms with E-state index in [1.165, 1.54) is 84.6 Å². The zero-order valence-corrected chi connectivity index (χ0v) is 18.5. The Morgan fingerprint density at radius 3 is 2.03 bits per heavy atom. The van der Waals surface area contributed by atoms with Gasteiger partial charge in [-0.1, -0.05) is 11.6 Å². The first-order valence-corrected chi connectivity index (χ1v) is 10.5. The second kappa shape index (κ2) is 8.92. The molecule has 1 fully saturated rings. The van der Waals surface area contributed by atoms with Gasteiger partial charge in [0.1, 0.15) is 5.76 Å².